The van der Waals surface area contributed by atoms with E-state index in [1.54, 1.807) is 24.3 Å². The summed E-state index contributed by atoms with van der Waals surface area (Å²) in [5, 5.41) is 2.92. The number of amides is 1. The molecule has 0 bridgehead atoms. The molecule has 1 amide bonds. The van der Waals surface area contributed by atoms with E-state index < -0.39 is 10.0 Å². The van der Waals surface area contributed by atoms with Crippen LogP contribution < -0.4 is 19.5 Å². The molecule has 1 atom stereocenters. The number of anilines is 1. The van der Waals surface area contributed by atoms with Crippen LogP contribution in [0.1, 0.15) is 25.5 Å². The summed E-state index contributed by atoms with van der Waals surface area (Å²) in [5.41, 5.74) is 1.33. The van der Waals surface area contributed by atoms with Crippen LogP contribution >= 0.6 is 27.5 Å². The van der Waals surface area contributed by atoms with Crippen molar-refractivity contribution in [2.45, 2.75) is 24.8 Å². The Labute approximate surface area is 212 Å². The number of benzene rings is 3. The standard InChI is InChI=1S/C24H24BrClN2O5S/c1-3-32-20-9-7-19(8-10-20)28-34(30,31)21-11-12-23(22(26)14-21)33-15-24(29)27-16(2)17-5-4-6-18(25)13-17/h4-14,16,28H,3,15H2,1-2H3,(H,27,29). The first-order valence-electron chi connectivity index (χ1n) is 10.4. The molecule has 0 saturated heterocycles. The number of hydrogen-bond donors (Lipinski definition) is 2. The average Bonchev–Trinajstić information content (AvgIpc) is 2.79. The largest absolute Gasteiger partial charge is 0.494 e. The van der Waals surface area contributed by atoms with Crippen molar-refractivity contribution in [1.82, 2.24) is 5.32 Å². The molecule has 7 nitrogen and oxygen atoms in total. The second kappa shape index (κ2) is 11.6. The van der Waals surface area contributed by atoms with Gasteiger partial charge in [-0.1, -0.05) is 39.7 Å². The van der Waals surface area contributed by atoms with Gasteiger partial charge in [0.15, 0.2) is 6.61 Å². The predicted molar refractivity (Wildman–Crippen MR) is 136 cm³/mol. The van der Waals surface area contributed by atoms with Gasteiger partial charge in [0, 0.05) is 10.2 Å². The number of hydrogen-bond acceptors (Lipinski definition) is 5. The molecule has 0 aromatic heterocycles. The maximum atomic E-state index is 12.7. The minimum Gasteiger partial charge on any atom is -0.494 e. The predicted octanol–water partition coefficient (Wildman–Crippen LogP) is 5.56. The van der Waals surface area contributed by atoms with Crippen molar-refractivity contribution in [2.75, 3.05) is 17.9 Å². The van der Waals surface area contributed by atoms with Crippen LogP contribution in [0.2, 0.25) is 5.02 Å². The summed E-state index contributed by atoms with van der Waals surface area (Å²) < 4.78 is 39.7. The molecule has 1 unspecified atom stereocenters. The smallest absolute Gasteiger partial charge is 0.261 e. The Morgan fingerprint density at radius 2 is 1.79 bits per heavy atom. The van der Waals surface area contributed by atoms with E-state index in [1.165, 1.54) is 18.2 Å². The fraction of sp³-hybridized carbons (Fsp3) is 0.208. The van der Waals surface area contributed by atoms with Gasteiger partial charge < -0.3 is 14.8 Å². The molecule has 0 heterocycles. The first-order chi connectivity index (χ1) is 16.2. The van der Waals surface area contributed by atoms with Gasteiger partial charge in [-0.05, 0) is 74.0 Å². The van der Waals surface area contributed by atoms with E-state index in [1.807, 2.05) is 38.1 Å². The van der Waals surface area contributed by atoms with Crippen molar-refractivity contribution >= 4 is 49.1 Å². The molecule has 0 aliphatic carbocycles. The normalized spacial score (nSPS) is 12.0. The molecule has 0 spiro atoms. The van der Waals surface area contributed by atoms with Gasteiger partial charge >= 0.3 is 0 Å². The fourth-order valence-electron chi connectivity index (χ4n) is 3.05. The van der Waals surface area contributed by atoms with Crippen molar-refractivity contribution in [1.29, 1.82) is 0 Å². The molecule has 2 N–H and O–H groups in total. The lowest BCUT2D eigenvalue weighted by atomic mass is 10.1. The van der Waals surface area contributed by atoms with Gasteiger partial charge in [0.25, 0.3) is 15.9 Å². The van der Waals surface area contributed by atoms with Gasteiger partial charge in [-0.15, -0.1) is 0 Å². The highest BCUT2D eigenvalue weighted by molar-refractivity contribution is 9.10. The average molecular weight is 568 g/mol. The number of nitrogens with one attached hydrogen (secondary N) is 2. The van der Waals surface area contributed by atoms with Crippen LogP contribution in [0.3, 0.4) is 0 Å². The highest BCUT2D eigenvalue weighted by Gasteiger charge is 2.17. The van der Waals surface area contributed by atoms with Gasteiger partial charge in [0.05, 0.1) is 22.6 Å². The molecule has 3 rings (SSSR count). The molecule has 10 heteroatoms. The fourth-order valence-corrected chi connectivity index (χ4v) is 4.85. The summed E-state index contributed by atoms with van der Waals surface area (Å²) in [6.45, 7) is 3.98. The Morgan fingerprint density at radius 3 is 2.44 bits per heavy atom. The third-order valence-corrected chi connectivity index (χ3v) is 6.88. The van der Waals surface area contributed by atoms with Crippen LogP contribution in [0.5, 0.6) is 11.5 Å². The van der Waals surface area contributed by atoms with Gasteiger partial charge in [0.2, 0.25) is 0 Å². The van der Waals surface area contributed by atoms with Crippen LogP contribution in [-0.2, 0) is 14.8 Å². The maximum absolute atomic E-state index is 12.7. The lowest BCUT2D eigenvalue weighted by Crippen LogP contribution is -2.31. The van der Waals surface area contributed by atoms with Crippen LogP contribution in [0.15, 0.2) is 76.1 Å². The van der Waals surface area contributed by atoms with Gasteiger partial charge in [-0.3, -0.25) is 9.52 Å². The van der Waals surface area contributed by atoms with Crippen molar-refractivity contribution in [3.63, 3.8) is 0 Å². The Hall–Kier alpha value is -2.75. The minimum atomic E-state index is -3.87. The summed E-state index contributed by atoms with van der Waals surface area (Å²) in [7, 11) is -3.87. The highest BCUT2D eigenvalue weighted by Crippen LogP contribution is 2.29. The van der Waals surface area contributed by atoms with E-state index in [4.69, 9.17) is 21.1 Å². The first-order valence-corrected chi connectivity index (χ1v) is 13.1. The summed E-state index contributed by atoms with van der Waals surface area (Å²) in [4.78, 5) is 12.2. The maximum Gasteiger partial charge on any atom is 0.261 e. The molecule has 0 saturated carbocycles. The number of ether oxygens (including phenoxy) is 2. The van der Waals surface area contributed by atoms with Crippen molar-refractivity contribution in [2.24, 2.45) is 0 Å². The Kier molecular flexibility index (Phi) is 8.82. The van der Waals surface area contributed by atoms with E-state index >= 15 is 0 Å². The number of sulfonamides is 1. The number of carbonyl (C=O) groups excluding carboxylic acids is 1. The van der Waals surface area contributed by atoms with Crippen molar-refractivity contribution in [3.05, 3.63) is 81.8 Å². The van der Waals surface area contributed by atoms with Gasteiger partial charge in [-0.2, -0.15) is 0 Å². The quantitative estimate of drug-likeness (QED) is 0.335. The number of carbonyl (C=O) groups is 1. The summed E-state index contributed by atoms with van der Waals surface area (Å²) in [5.74, 6) is 0.509. The molecule has 0 aliphatic rings. The third-order valence-electron chi connectivity index (χ3n) is 4.72. The summed E-state index contributed by atoms with van der Waals surface area (Å²) in [6.07, 6.45) is 0. The monoisotopic (exact) mass is 566 g/mol. The Morgan fingerprint density at radius 1 is 1.06 bits per heavy atom. The van der Waals surface area contributed by atoms with E-state index in [9.17, 15) is 13.2 Å². The van der Waals surface area contributed by atoms with Crippen molar-refractivity contribution < 1.29 is 22.7 Å². The van der Waals surface area contributed by atoms with Crippen molar-refractivity contribution in [3.8, 4) is 11.5 Å². The topological polar surface area (TPSA) is 93.7 Å². The SMILES string of the molecule is CCOc1ccc(NS(=O)(=O)c2ccc(OCC(=O)NC(C)c3cccc(Br)c3)c(Cl)c2)cc1. The number of halogens is 2. The van der Waals surface area contributed by atoms with Crippen LogP contribution in [0.4, 0.5) is 5.69 Å². The van der Waals surface area contributed by atoms with Gasteiger partial charge in [0.1, 0.15) is 11.5 Å². The van der Waals surface area contributed by atoms with E-state index in [0.717, 1.165) is 10.0 Å². The lowest BCUT2D eigenvalue weighted by Gasteiger charge is -2.15. The van der Waals surface area contributed by atoms with E-state index in [0.29, 0.717) is 18.0 Å². The number of rotatable bonds is 10. The second-order valence-corrected chi connectivity index (χ2v) is 10.3. The lowest BCUT2D eigenvalue weighted by molar-refractivity contribution is -0.123. The summed E-state index contributed by atoms with van der Waals surface area (Å²) >= 11 is 9.63. The molecule has 0 radical (unpaired) electrons. The van der Waals surface area contributed by atoms with E-state index in [2.05, 4.69) is 26.0 Å². The zero-order valence-electron chi connectivity index (χ0n) is 18.5. The molecule has 0 fully saturated rings. The van der Waals surface area contributed by atoms with Crippen LogP contribution in [-0.4, -0.2) is 27.5 Å². The molecular weight excluding hydrogens is 544 g/mol. The zero-order chi connectivity index (χ0) is 24.7. The second-order valence-electron chi connectivity index (χ2n) is 7.29. The third kappa shape index (κ3) is 7.12. The molecule has 34 heavy (non-hydrogen) atoms. The van der Waals surface area contributed by atoms with Gasteiger partial charge in [-0.25, -0.2) is 8.42 Å². The Bertz CT molecular complexity index is 1250. The molecule has 180 valence electrons. The zero-order valence-corrected chi connectivity index (χ0v) is 21.7. The molecule has 3 aromatic rings. The molecular formula is C24H24BrClN2O5S. The van der Waals surface area contributed by atoms with E-state index in [-0.39, 0.29) is 34.2 Å². The molecule has 0 aliphatic heterocycles. The Balaban J connectivity index is 1.60. The van der Waals surface area contributed by atoms with Crippen LogP contribution in [0, 0.1) is 0 Å². The highest BCUT2D eigenvalue weighted by atomic mass is 79.9. The van der Waals surface area contributed by atoms with Crippen LogP contribution in [0.25, 0.3) is 0 Å². The minimum absolute atomic E-state index is 0.0357. The first kappa shape index (κ1) is 25.9. The summed E-state index contributed by atoms with van der Waals surface area (Å²) in [6, 6.07) is 18.0. The molecule has 3 aromatic carbocycles.